The van der Waals surface area contributed by atoms with Crippen LogP contribution in [0.25, 0.3) is 0 Å². The lowest BCUT2D eigenvalue weighted by Gasteiger charge is -2.17. The SMILES string of the molecule is CCCCCCCCCC=CCN(OC(=O)CC)OC(=O)CC. The number of hydrogen-bond donors (Lipinski definition) is 0. The van der Waals surface area contributed by atoms with E-state index in [-0.39, 0.29) is 19.4 Å². The summed E-state index contributed by atoms with van der Waals surface area (Å²) in [6.07, 6.45) is 14.4. The van der Waals surface area contributed by atoms with Gasteiger partial charge in [-0.15, -0.1) is 0 Å². The first-order chi connectivity index (χ1) is 11.1. The Labute approximate surface area is 140 Å². The molecule has 0 amide bonds. The van der Waals surface area contributed by atoms with Crippen molar-refractivity contribution in [2.75, 3.05) is 6.54 Å². The summed E-state index contributed by atoms with van der Waals surface area (Å²) < 4.78 is 0. The van der Waals surface area contributed by atoms with E-state index in [1.54, 1.807) is 13.8 Å². The summed E-state index contributed by atoms with van der Waals surface area (Å²) in [6, 6.07) is 0. The van der Waals surface area contributed by atoms with Crippen LogP contribution in [0.3, 0.4) is 0 Å². The molecule has 0 aromatic rings. The molecule has 0 bridgehead atoms. The Hall–Kier alpha value is -1.36. The Morgan fingerprint density at radius 2 is 1.30 bits per heavy atom. The first kappa shape index (κ1) is 21.6. The summed E-state index contributed by atoms with van der Waals surface area (Å²) in [5.74, 6) is -0.844. The maximum Gasteiger partial charge on any atom is 0.328 e. The Balaban J connectivity index is 3.86. The van der Waals surface area contributed by atoms with Crippen molar-refractivity contribution in [1.29, 1.82) is 0 Å². The van der Waals surface area contributed by atoms with Gasteiger partial charge in [0.1, 0.15) is 0 Å². The third-order valence-electron chi connectivity index (χ3n) is 3.38. The molecule has 5 nitrogen and oxygen atoms in total. The summed E-state index contributed by atoms with van der Waals surface area (Å²) in [5, 5.41) is 0.957. The van der Waals surface area contributed by atoms with Gasteiger partial charge in [0.2, 0.25) is 0 Å². The van der Waals surface area contributed by atoms with Gasteiger partial charge in [-0.3, -0.25) is 9.59 Å². The molecule has 0 atom stereocenters. The van der Waals surface area contributed by atoms with E-state index < -0.39 is 11.9 Å². The molecule has 0 aromatic carbocycles. The topological polar surface area (TPSA) is 55.8 Å². The van der Waals surface area contributed by atoms with Crippen LogP contribution >= 0.6 is 0 Å². The van der Waals surface area contributed by atoms with Gasteiger partial charge in [0.15, 0.2) is 0 Å². The average molecular weight is 327 g/mol. The molecule has 0 rings (SSSR count). The molecular formula is C18H33NO4. The first-order valence-corrected chi connectivity index (χ1v) is 8.98. The van der Waals surface area contributed by atoms with Gasteiger partial charge in [0.05, 0.1) is 6.54 Å². The van der Waals surface area contributed by atoms with E-state index in [1.807, 2.05) is 12.2 Å². The van der Waals surface area contributed by atoms with Gasteiger partial charge in [0, 0.05) is 18.1 Å². The second-order valence-electron chi connectivity index (χ2n) is 5.53. The smallest absolute Gasteiger partial charge is 0.328 e. The fraction of sp³-hybridized carbons (Fsp3) is 0.778. The van der Waals surface area contributed by atoms with Crippen LogP contribution in [0.2, 0.25) is 0 Å². The second kappa shape index (κ2) is 15.5. The van der Waals surface area contributed by atoms with Gasteiger partial charge in [-0.05, 0) is 12.8 Å². The molecule has 0 aromatic heterocycles. The minimum atomic E-state index is -0.422. The van der Waals surface area contributed by atoms with Crippen LogP contribution in [0.15, 0.2) is 12.2 Å². The lowest BCUT2D eigenvalue weighted by molar-refractivity contribution is -0.319. The summed E-state index contributed by atoms with van der Waals surface area (Å²) in [6.45, 7) is 5.87. The summed E-state index contributed by atoms with van der Waals surface area (Å²) in [5.41, 5.74) is 0. The molecular weight excluding hydrogens is 294 g/mol. The quantitative estimate of drug-likeness (QED) is 0.262. The maximum atomic E-state index is 11.3. The Morgan fingerprint density at radius 1 is 0.783 bits per heavy atom. The number of carbonyl (C=O) groups is 2. The zero-order valence-corrected chi connectivity index (χ0v) is 15.0. The number of hydrogen-bond acceptors (Lipinski definition) is 5. The molecule has 0 saturated heterocycles. The van der Waals surface area contributed by atoms with Gasteiger partial charge >= 0.3 is 11.9 Å². The highest BCUT2D eigenvalue weighted by atomic mass is 17.0. The molecule has 23 heavy (non-hydrogen) atoms. The molecule has 0 N–H and O–H groups in total. The molecule has 0 fully saturated rings. The van der Waals surface area contributed by atoms with Crippen LogP contribution in [-0.4, -0.2) is 23.7 Å². The van der Waals surface area contributed by atoms with Crippen LogP contribution < -0.4 is 0 Å². The number of rotatable bonds is 14. The van der Waals surface area contributed by atoms with Crippen LogP contribution in [0.5, 0.6) is 0 Å². The molecule has 134 valence electrons. The minimum Gasteiger partial charge on any atom is -0.333 e. The fourth-order valence-corrected chi connectivity index (χ4v) is 1.95. The highest BCUT2D eigenvalue weighted by Crippen LogP contribution is 2.08. The van der Waals surface area contributed by atoms with Crippen molar-refractivity contribution in [3.05, 3.63) is 12.2 Å². The van der Waals surface area contributed by atoms with Crippen LogP contribution in [0.4, 0.5) is 0 Å². The van der Waals surface area contributed by atoms with Crippen molar-refractivity contribution in [1.82, 2.24) is 5.23 Å². The van der Waals surface area contributed by atoms with Crippen LogP contribution in [-0.2, 0) is 19.3 Å². The largest absolute Gasteiger partial charge is 0.333 e. The fourth-order valence-electron chi connectivity index (χ4n) is 1.95. The zero-order chi connectivity index (χ0) is 17.3. The van der Waals surface area contributed by atoms with E-state index in [4.69, 9.17) is 9.68 Å². The summed E-state index contributed by atoms with van der Waals surface area (Å²) in [7, 11) is 0. The number of unbranched alkanes of at least 4 members (excludes halogenated alkanes) is 7. The van der Waals surface area contributed by atoms with E-state index in [0.29, 0.717) is 0 Å². The molecule has 5 heteroatoms. The van der Waals surface area contributed by atoms with Crippen molar-refractivity contribution in [3.8, 4) is 0 Å². The molecule has 0 aliphatic heterocycles. The average Bonchev–Trinajstić information content (AvgIpc) is 2.55. The van der Waals surface area contributed by atoms with Crippen molar-refractivity contribution >= 4 is 11.9 Å². The van der Waals surface area contributed by atoms with E-state index in [9.17, 15) is 9.59 Å². The monoisotopic (exact) mass is 327 g/mol. The minimum absolute atomic E-state index is 0.238. The molecule has 0 aliphatic rings. The van der Waals surface area contributed by atoms with Crippen LogP contribution in [0.1, 0.15) is 85.0 Å². The molecule has 0 aliphatic carbocycles. The Bertz CT molecular complexity index is 324. The highest BCUT2D eigenvalue weighted by Gasteiger charge is 2.13. The van der Waals surface area contributed by atoms with Crippen molar-refractivity contribution in [2.24, 2.45) is 0 Å². The lowest BCUT2D eigenvalue weighted by Crippen LogP contribution is -2.30. The maximum absolute atomic E-state index is 11.3. The number of hydroxylamine groups is 2. The van der Waals surface area contributed by atoms with E-state index in [1.165, 1.54) is 38.5 Å². The van der Waals surface area contributed by atoms with Gasteiger partial charge in [-0.1, -0.05) is 71.4 Å². The van der Waals surface area contributed by atoms with E-state index >= 15 is 0 Å². The van der Waals surface area contributed by atoms with E-state index in [0.717, 1.165) is 18.1 Å². The van der Waals surface area contributed by atoms with Gasteiger partial charge < -0.3 is 9.68 Å². The molecule has 0 saturated carbocycles. The predicted molar refractivity (Wildman–Crippen MR) is 91.2 cm³/mol. The third kappa shape index (κ3) is 14.0. The first-order valence-electron chi connectivity index (χ1n) is 8.98. The van der Waals surface area contributed by atoms with Gasteiger partial charge in [-0.2, -0.15) is 0 Å². The number of allylic oxidation sites excluding steroid dienone is 1. The van der Waals surface area contributed by atoms with E-state index in [2.05, 4.69) is 6.92 Å². The Morgan fingerprint density at radius 3 is 1.83 bits per heavy atom. The zero-order valence-electron chi connectivity index (χ0n) is 15.0. The van der Waals surface area contributed by atoms with Crippen molar-refractivity contribution in [3.63, 3.8) is 0 Å². The summed E-state index contributed by atoms with van der Waals surface area (Å²) in [4.78, 5) is 32.5. The van der Waals surface area contributed by atoms with Gasteiger partial charge in [-0.25, -0.2) is 0 Å². The van der Waals surface area contributed by atoms with Gasteiger partial charge in [0.25, 0.3) is 0 Å². The highest BCUT2D eigenvalue weighted by molar-refractivity contribution is 5.70. The normalized spacial score (nSPS) is 11.1. The number of carbonyl (C=O) groups excluding carboxylic acids is 2. The molecule has 0 radical (unpaired) electrons. The summed E-state index contributed by atoms with van der Waals surface area (Å²) >= 11 is 0. The molecule has 0 unspecified atom stereocenters. The standard InChI is InChI=1S/C18H33NO4/c1-4-7-8-9-10-11-12-13-14-15-16-19(22-17(20)5-2)23-18(21)6-3/h14-15H,4-13,16H2,1-3H3. The second-order valence-corrected chi connectivity index (χ2v) is 5.53. The van der Waals surface area contributed by atoms with Crippen LogP contribution in [0, 0.1) is 0 Å². The molecule has 0 heterocycles. The van der Waals surface area contributed by atoms with Crippen molar-refractivity contribution in [2.45, 2.75) is 85.0 Å². The molecule has 0 spiro atoms. The Kier molecular flexibility index (Phi) is 14.6. The lowest BCUT2D eigenvalue weighted by atomic mass is 10.1. The third-order valence-corrected chi connectivity index (χ3v) is 3.38. The predicted octanol–water partition coefficient (Wildman–Crippen LogP) is 4.72. The number of nitrogens with zero attached hydrogens (tertiary/aromatic N) is 1. The van der Waals surface area contributed by atoms with Crippen molar-refractivity contribution < 1.29 is 19.3 Å².